The average Bonchev–Trinajstić information content (AvgIpc) is 3.08. The second-order valence-electron chi connectivity index (χ2n) is 8.80. The van der Waals surface area contributed by atoms with E-state index in [2.05, 4.69) is 46.8 Å². The summed E-state index contributed by atoms with van der Waals surface area (Å²) in [6.45, 7) is 8.99. The summed E-state index contributed by atoms with van der Waals surface area (Å²) < 4.78 is 7.80. The highest BCUT2D eigenvalue weighted by Gasteiger charge is 2.22. The van der Waals surface area contributed by atoms with Crippen LogP contribution in [0.4, 0.5) is 5.69 Å². The van der Waals surface area contributed by atoms with Crippen molar-refractivity contribution in [2.45, 2.75) is 58.4 Å². The summed E-state index contributed by atoms with van der Waals surface area (Å²) in [6.07, 6.45) is 7.40. The van der Waals surface area contributed by atoms with Crippen LogP contribution >= 0.6 is 0 Å². The zero-order valence-electron chi connectivity index (χ0n) is 18.5. The van der Waals surface area contributed by atoms with Gasteiger partial charge in [0.05, 0.1) is 18.8 Å². The van der Waals surface area contributed by atoms with Crippen molar-refractivity contribution in [3.05, 3.63) is 52.8 Å². The van der Waals surface area contributed by atoms with Crippen molar-refractivity contribution >= 4 is 11.6 Å². The summed E-state index contributed by atoms with van der Waals surface area (Å²) in [4.78, 5) is 15.4. The van der Waals surface area contributed by atoms with Gasteiger partial charge in [-0.15, -0.1) is 0 Å². The lowest BCUT2D eigenvalue weighted by Crippen LogP contribution is -2.37. The number of amides is 1. The molecule has 1 aliphatic carbocycles. The maximum Gasteiger partial charge on any atom is 0.257 e. The number of hydrogen-bond acceptors (Lipinski definition) is 3. The third kappa shape index (κ3) is 4.96. The Morgan fingerprint density at radius 1 is 1.07 bits per heavy atom. The number of carbonyl (C=O) groups excluding carboxylic acids is 1. The van der Waals surface area contributed by atoms with E-state index in [1.807, 2.05) is 12.1 Å². The molecular formula is C25H35N3O2. The summed E-state index contributed by atoms with van der Waals surface area (Å²) in [5.74, 6) is -0.00812. The fraction of sp³-hybridized carbons (Fsp3) is 0.560. The number of morpholine rings is 1. The van der Waals surface area contributed by atoms with E-state index in [1.54, 1.807) is 0 Å². The predicted molar refractivity (Wildman–Crippen MR) is 121 cm³/mol. The van der Waals surface area contributed by atoms with Gasteiger partial charge in [0.15, 0.2) is 0 Å². The largest absolute Gasteiger partial charge is 0.379 e. The van der Waals surface area contributed by atoms with Gasteiger partial charge in [-0.05, 0) is 56.9 Å². The molecule has 2 aromatic rings. The predicted octanol–water partition coefficient (Wildman–Crippen LogP) is 4.74. The molecule has 0 bridgehead atoms. The molecule has 30 heavy (non-hydrogen) atoms. The molecule has 1 saturated heterocycles. The van der Waals surface area contributed by atoms with E-state index < -0.39 is 0 Å². The van der Waals surface area contributed by atoms with E-state index in [4.69, 9.17) is 4.74 Å². The van der Waals surface area contributed by atoms with Gasteiger partial charge in [0.1, 0.15) is 0 Å². The number of rotatable bonds is 6. The van der Waals surface area contributed by atoms with Gasteiger partial charge in [0.2, 0.25) is 0 Å². The Balaban J connectivity index is 1.36. The van der Waals surface area contributed by atoms with Gasteiger partial charge < -0.3 is 14.6 Å². The molecule has 4 rings (SSSR count). The van der Waals surface area contributed by atoms with Crippen LogP contribution in [0, 0.1) is 13.8 Å². The molecule has 5 heteroatoms. The first-order valence-corrected chi connectivity index (χ1v) is 11.5. The zero-order chi connectivity index (χ0) is 20.9. The van der Waals surface area contributed by atoms with Crippen molar-refractivity contribution in [1.29, 1.82) is 0 Å². The van der Waals surface area contributed by atoms with Gasteiger partial charge in [0, 0.05) is 42.8 Å². The fourth-order valence-corrected chi connectivity index (χ4v) is 4.97. The monoisotopic (exact) mass is 409 g/mol. The Morgan fingerprint density at radius 3 is 2.47 bits per heavy atom. The Labute approximate surface area is 180 Å². The number of benzene rings is 1. The Kier molecular flexibility index (Phi) is 6.90. The maximum atomic E-state index is 13.0. The Hall–Kier alpha value is -2.11. The highest BCUT2D eigenvalue weighted by molar-refractivity contribution is 6.05. The van der Waals surface area contributed by atoms with Gasteiger partial charge in [-0.25, -0.2) is 0 Å². The third-order valence-corrected chi connectivity index (χ3v) is 6.70. The molecule has 0 spiro atoms. The van der Waals surface area contributed by atoms with Crippen LogP contribution in [0.3, 0.4) is 0 Å². The second kappa shape index (κ2) is 9.80. The van der Waals surface area contributed by atoms with Gasteiger partial charge in [-0.1, -0.05) is 31.4 Å². The van der Waals surface area contributed by atoms with Crippen molar-refractivity contribution in [1.82, 2.24) is 9.47 Å². The number of ether oxygens (including phenoxy) is 1. The van der Waals surface area contributed by atoms with Crippen molar-refractivity contribution < 1.29 is 9.53 Å². The summed E-state index contributed by atoms with van der Waals surface area (Å²) >= 11 is 0. The molecule has 1 saturated carbocycles. The van der Waals surface area contributed by atoms with Gasteiger partial charge in [-0.2, -0.15) is 0 Å². The Bertz CT molecular complexity index is 844. The topological polar surface area (TPSA) is 46.5 Å². The number of anilines is 1. The van der Waals surface area contributed by atoms with Gasteiger partial charge >= 0.3 is 0 Å². The first-order valence-electron chi connectivity index (χ1n) is 11.5. The second-order valence-corrected chi connectivity index (χ2v) is 8.80. The molecule has 0 radical (unpaired) electrons. The average molecular weight is 410 g/mol. The lowest BCUT2D eigenvalue weighted by molar-refractivity contribution is 0.0384. The van der Waals surface area contributed by atoms with Crippen LogP contribution < -0.4 is 5.32 Å². The molecule has 1 amide bonds. The summed E-state index contributed by atoms with van der Waals surface area (Å²) in [5, 5.41) is 3.10. The van der Waals surface area contributed by atoms with Crippen LogP contribution in [0.2, 0.25) is 0 Å². The lowest BCUT2D eigenvalue weighted by atomic mass is 9.95. The highest BCUT2D eigenvalue weighted by atomic mass is 16.5. The number of aryl methyl sites for hydroxylation is 1. The van der Waals surface area contributed by atoms with Crippen molar-refractivity contribution in [3.8, 4) is 0 Å². The lowest BCUT2D eigenvalue weighted by Gasteiger charge is -2.26. The first-order chi connectivity index (χ1) is 14.6. The molecule has 2 fully saturated rings. The van der Waals surface area contributed by atoms with Crippen LogP contribution in [-0.2, 0) is 11.2 Å². The van der Waals surface area contributed by atoms with Crippen LogP contribution in [0.5, 0.6) is 0 Å². The number of aromatic nitrogens is 1. The number of hydrogen-bond donors (Lipinski definition) is 1. The highest BCUT2D eigenvalue weighted by Crippen LogP contribution is 2.32. The minimum absolute atomic E-state index is 0.00812. The molecule has 0 unspecified atom stereocenters. The number of nitrogens with one attached hydrogen (secondary N) is 1. The molecule has 0 atom stereocenters. The molecule has 1 aromatic carbocycles. The van der Waals surface area contributed by atoms with Crippen molar-refractivity contribution in [2.24, 2.45) is 0 Å². The number of carbonyl (C=O) groups is 1. The minimum atomic E-state index is -0.00812. The van der Waals surface area contributed by atoms with E-state index >= 15 is 0 Å². The molecule has 162 valence electrons. The molecule has 5 nitrogen and oxygen atoms in total. The third-order valence-electron chi connectivity index (χ3n) is 6.70. The standard InChI is InChI=1S/C25H35N3O2/c1-19-18-24(20(2)28(19)23-6-4-3-5-7-23)25(29)26-22-10-8-21(9-11-22)12-13-27-14-16-30-17-15-27/h8-11,18,23H,3-7,12-17H2,1-2H3,(H,26,29). The van der Waals surface area contributed by atoms with Crippen molar-refractivity contribution in [2.75, 3.05) is 38.2 Å². The van der Waals surface area contributed by atoms with Crippen molar-refractivity contribution in [3.63, 3.8) is 0 Å². The quantitative estimate of drug-likeness (QED) is 0.750. The Morgan fingerprint density at radius 2 is 1.77 bits per heavy atom. The van der Waals surface area contributed by atoms with Crippen LogP contribution in [-0.4, -0.2) is 48.2 Å². The smallest absolute Gasteiger partial charge is 0.257 e. The van der Waals surface area contributed by atoms with Crippen LogP contribution in [0.25, 0.3) is 0 Å². The summed E-state index contributed by atoms with van der Waals surface area (Å²) in [6, 6.07) is 10.9. The number of nitrogens with zero attached hydrogens (tertiary/aromatic N) is 2. The molecule has 2 heterocycles. The SMILES string of the molecule is Cc1cc(C(=O)Nc2ccc(CCN3CCOCC3)cc2)c(C)n1C1CCCCC1. The molecule has 1 aromatic heterocycles. The van der Waals surface area contributed by atoms with E-state index in [0.29, 0.717) is 6.04 Å². The van der Waals surface area contributed by atoms with E-state index in [1.165, 1.54) is 43.4 Å². The maximum absolute atomic E-state index is 13.0. The van der Waals surface area contributed by atoms with Gasteiger partial charge in [-0.3, -0.25) is 9.69 Å². The van der Waals surface area contributed by atoms with Gasteiger partial charge in [0.25, 0.3) is 5.91 Å². The van der Waals surface area contributed by atoms with Crippen LogP contribution in [0.1, 0.15) is 65.5 Å². The van der Waals surface area contributed by atoms with E-state index in [-0.39, 0.29) is 5.91 Å². The zero-order valence-corrected chi connectivity index (χ0v) is 18.5. The normalized spacial score (nSPS) is 18.5. The first kappa shape index (κ1) is 21.1. The van der Waals surface area contributed by atoms with Crippen LogP contribution in [0.15, 0.2) is 30.3 Å². The molecule has 1 aliphatic heterocycles. The summed E-state index contributed by atoms with van der Waals surface area (Å²) in [5.41, 5.74) is 5.25. The molecular weight excluding hydrogens is 374 g/mol. The fourth-order valence-electron chi connectivity index (χ4n) is 4.97. The molecule has 1 N–H and O–H groups in total. The minimum Gasteiger partial charge on any atom is -0.379 e. The van der Waals surface area contributed by atoms with E-state index in [0.717, 1.165) is 56.2 Å². The summed E-state index contributed by atoms with van der Waals surface area (Å²) in [7, 11) is 0. The molecule has 2 aliphatic rings. The van der Waals surface area contributed by atoms with E-state index in [9.17, 15) is 4.79 Å².